The number of benzene rings is 4. The van der Waals surface area contributed by atoms with Crippen molar-refractivity contribution in [2.75, 3.05) is 0 Å². The van der Waals surface area contributed by atoms with E-state index in [1.165, 1.54) is 26.0 Å². The third-order valence-electron chi connectivity index (χ3n) is 7.69. The predicted octanol–water partition coefficient (Wildman–Crippen LogP) is 6.86. The second-order valence-corrected chi connectivity index (χ2v) is 10.5. The second kappa shape index (κ2) is 10.5. The molecule has 0 aliphatic rings. The average molecular weight is 550 g/mol. The number of carbonyl (C=O) groups excluding carboxylic acids is 2. The van der Waals surface area contributed by atoms with Crippen LogP contribution in [0, 0.1) is 13.8 Å². The van der Waals surface area contributed by atoms with Crippen molar-refractivity contribution in [3.8, 4) is 34.1 Å². The van der Waals surface area contributed by atoms with Crippen LogP contribution in [0.4, 0.5) is 0 Å². The molecule has 7 nitrogen and oxygen atoms in total. The van der Waals surface area contributed by atoms with Crippen molar-refractivity contribution in [2.45, 2.75) is 40.5 Å². The Kier molecular flexibility index (Phi) is 7.05. The zero-order valence-corrected chi connectivity index (χ0v) is 23.3. The van der Waals surface area contributed by atoms with Crippen LogP contribution in [0.25, 0.3) is 22.0 Å². The molecular weight excluding hydrogens is 518 g/mol. The fourth-order valence-corrected chi connectivity index (χ4v) is 5.43. The minimum atomic E-state index is -0.331. The molecule has 7 heteroatoms. The minimum Gasteiger partial charge on any atom is -0.507 e. The zero-order valence-electron chi connectivity index (χ0n) is 23.3. The summed E-state index contributed by atoms with van der Waals surface area (Å²) in [7, 11) is 0. The molecule has 208 valence electrons. The molecule has 5 rings (SSSR count). The van der Waals surface area contributed by atoms with E-state index in [0.29, 0.717) is 22.4 Å². The summed E-state index contributed by atoms with van der Waals surface area (Å²) < 4.78 is 0. The van der Waals surface area contributed by atoms with E-state index in [-0.39, 0.29) is 69.7 Å². The van der Waals surface area contributed by atoms with Gasteiger partial charge in [0.2, 0.25) is 0 Å². The number of fused-ring (bicyclic) bond motifs is 1. The van der Waals surface area contributed by atoms with Crippen LogP contribution in [-0.2, 0) is 12.8 Å². The third kappa shape index (κ3) is 4.91. The Morgan fingerprint density at radius 1 is 0.634 bits per heavy atom. The maximum atomic E-state index is 12.2. The first-order valence-corrected chi connectivity index (χ1v) is 13.3. The normalized spacial score (nSPS) is 11.2. The average Bonchev–Trinajstić information content (AvgIpc) is 3.29. The molecule has 0 amide bonds. The van der Waals surface area contributed by atoms with Gasteiger partial charge in [0.1, 0.15) is 23.0 Å². The first-order chi connectivity index (χ1) is 19.5. The van der Waals surface area contributed by atoms with E-state index >= 15 is 0 Å². The molecule has 0 unspecified atom stereocenters. The van der Waals surface area contributed by atoms with E-state index in [4.69, 9.17) is 0 Å². The van der Waals surface area contributed by atoms with Crippen LogP contribution < -0.4 is 0 Å². The lowest BCUT2D eigenvalue weighted by atomic mass is 9.92. The molecule has 1 heterocycles. The third-order valence-corrected chi connectivity index (χ3v) is 7.69. The molecule has 41 heavy (non-hydrogen) atoms. The highest BCUT2D eigenvalue weighted by molar-refractivity contribution is 5.99. The van der Waals surface area contributed by atoms with Crippen LogP contribution in [-0.4, -0.2) is 37.0 Å². The summed E-state index contributed by atoms with van der Waals surface area (Å²) in [6.45, 7) is 6.03. The van der Waals surface area contributed by atoms with Crippen LogP contribution in [0.2, 0.25) is 0 Å². The molecule has 5 aromatic rings. The number of H-pyrrole nitrogens is 1. The van der Waals surface area contributed by atoms with E-state index in [9.17, 15) is 30.0 Å². The number of aromatic nitrogens is 1. The van der Waals surface area contributed by atoms with Gasteiger partial charge in [0.15, 0.2) is 11.6 Å². The predicted molar refractivity (Wildman–Crippen MR) is 158 cm³/mol. The molecule has 4 aromatic carbocycles. The van der Waals surface area contributed by atoms with Gasteiger partial charge in [0.05, 0.1) is 11.1 Å². The Hall–Kier alpha value is -5.04. The monoisotopic (exact) mass is 549 g/mol. The SMILES string of the molecule is CC(=O)c1cc(C)c(O)c(Cc2[nH]c3cc(-c4ccccc4)ccc3c2Cc2c(O)c(C)cc(C(C)=O)c2O)c1O. The van der Waals surface area contributed by atoms with Gasteiger partial charge in [-0.2, -0.15) is 0 Å². The van der Waals surface area contributed by atoms with Gasteiger partial charge in [0, 0.05) is 40.6 Å². The van der Waals surface area contributed by atoms with Crippen molar-refractivity contribution in [1.29, 1.82) is 0 Å². The molecule has 5 N–H and O–H groups in total. The van der Waals surface area contributed by atoms with Crippen molar-refractivity contribution in [1.82, 2.24) is 4.98 Å². The van der Waals surface area contributed by atoms with E-state index in [2.05, 4.69) is 4.98 Å². The molecule has 0 atom stereocenters. The minimum absolute atomic E-state index is 0.0389. The molecule has 0 aliphatic carbocycles. The quantitative estimate of drug-likeness (QED) is 0.141. The lowest BCUT2D eigenvalue weighted by Crippen LogP contribution is -2.03. The Morgan fingerprint density at radius 2 is 1.17 bits per heavy atom. The standard InChI is InChI=1S/C34H31NO6/c1-17-12-24(19(3)36)33(40)27(31(17)38)15-26-23-11-10-22(21-8-6-5-7-9-21)14-29(23)35-30(26)16-28-32(39)18(2)13-25(20(4)37)34(28)41/h5-14,35,38-41H,15-16H2,1-4H3. The van der Waals surface area contributed by atoms with Crippen LogP contribution in [0.5, 0.6) is 23.0 Å². The fourth-order valence-electron chi connectivity index (χ4n) is 5.43. The highest BCUT2D eigenvalue weighted by atomic mass is 16.3. The number of hydrogen-bond acceptors (Lipinski definition) is 6. The lowest BCUT2D eigenvalue weighted by Gasteiger charge is -2.15. The number of aromatic amines is 1. The number of phenols is 4. The number of ketones is 2. The van der Waals surface area contributed by atoms with Gasteiger partial charge < -0.3 is 25.4 Å². The number of aromatic hydroxyl groups is 4. The largest absolute Gasteiger partial charge is 0.507 e. The van der Waals surface area contributed by atoms with Gasteiger partial charge in [-0.15, -0.1) is 0 Å². The highest BCUT2D eigenvalue weighted by Crippen LogP contribution is 2.41. The zero-order chi connectivity index (χ0) is 29.6. The van der Waals surface area contributed by atoms with E-state index in [0.717, 1.165) is 22.0 Å². The maximum absolute atomic E-state index is 12.2. The van der Waals surface area contributed by atoms with E-state index in [1.54, 1.807) is 13.8 Å². The van der Waals surface area contributed by atoms with Gasteiger partial charge in [-0.1, -0.05) is 42.5 Å². The van der Waals surface area contributed by atoms with Gasteiger partial charge in [0.25, 0.3) is 0 Å². The smallest absolute Gasteiger partial charge is 0.163 e. The number of hydrogen-bond donors (Lipinski definition) is 5. The first-order valence-electron chi connectivity index (χ1n) is 13.3. The fraction of sp³-hybridized carbons (Fsp3) is 0.176. The summed E-state index contributed by atoms with van der Waals surface area (Å²) >= 11 is 0. The van der Waals surface area contributed by atoms with Crippen molar-refractivity contribution in [2.24, 2.45) is 0 Å². The first kappa shape index (κ1) is 27.5. The summed E-state index contributed by atoms with van der Waals surface area (Å²) in [5, 5.41) is 44.7. The molecule has 0 aliphatic heterocycles. The van der Waals surface area contributed by atoms with Gasteiger partial charge in [-0.25, -0.2) is 0 Å². The molecule has 1 aromatic heterocycles. The molecule has 0 bridgehead atoms. The van der Waals surface area contributed by atoms with Gasteiger partial charge in [-0.05, 0) is 73.7 Å². The molecule has 0 spiro atoms. The lowest BCUT2D eigenvalue weighted by molar-refractivity contribution is 0.100. The molecule has 0 fully saturated rings. The number of nitrogens with one attached hydrogen (secondary N) is 1. The van der Waals surface area contributed by atoms with Crippen molar-refractivity contribution in [3.63, 3.8) is 0 Å². The number of Topliss-reactive ketones (excluding diaryl/α,β-unsaturated/α-hetero) is 2. The van der Waals surface area contributed by atoms with Crippen molar-refractivity contribution in [3.05, 3.63) is 105 Å². The van der Waals surface area contributed by atoms with Crippen LogP contribution in [0.3, 0.4) is 0 Å². The van der Waals surface area contributed by atoms with Gasteiger partial charge in [-0.3, -0.25) is 9.59 Å². The van der Waals surface area contributed by atoms with Crippen LogP contribution in [0.15, 0.2) is 60.7 Å². The van der Waals surface area contributed by atoms with E-state index in [1.807, 2.05) is 48.5 Å². The summed E-state index contributed by atoms with van der Waals surface area (Å²) in [4.78, 5) is 27.9. The van der Waals surface area contributed by atoms with E-state index < -0.39 is 0 Å². The Morgan fingerprint density at radius 3 is 1.71 bits per heavy atom. The molecular formula is C34H31NO6. The van der Waals surface area contributed by atoms with Crippen molar-refractivity contribution < 1.29 is 30.0 Å². The number of aryl methyl sites for hydroxylation is 2. The summed E-state index contributed by atoms with van der Waals surface area (Å²) in [5.74, 6) is -1.49. The maximum Gasteiger partial charge on any atom is 0.163 e. The number of rotatable bonds is 7. The Bertz CT molecular complexity index is 1850. The van der Waals surface area contributed by atoms with Crippen LogP contribution in [0.1, 0.15) is 68.1 Å². The Balaban J connectivity index is 1.74. The molecule has 0 radical (unpaired) electrons. The highest BCUT2D eigenvalue weighted by Gasteiger charge is 2.24. The summed E-state index contributed by atoms with van der Waals surface area (Å²) in [6.07, 6.45) is 0.101. The molecule has 0 saturated heterocycles. The number of carbonyl (C=O) groups is 2. The Labute approximate surface area is 237 Å². The topological polar surface area (TPSA) is 131 Å². The van der Waals surface area contributed by atoms with Crippen LogP contribution >= 0.6 is 0 Å². The number of phenolic OH excluding ortho intramolecular Hbond substituents is 4. The van der Waals surface area contributed by atoms with Gasteiger partial charge >= 0.3 is 0 Å². The summed E-state index contributed by atoms with van der Waals surface area (Å²) in [5.41, 5.74) is 5.60. The summed E-state index contributed by atoms with van der Waals surface area (Å²) in [6, 6.07) is 18.7. The van der Waals surface area contributed by atoms with Crippen molar-refractivity contribution >= 4 is 22.5 Å². The molecule has 0 saturated carbocycles. The second-order valence-electron chi connectivity index (χ2n) is 10.5.